The third kappa shape index (κ3) is 4.90. The Bertz CT molecular complexity index is 1140. The van der Waals surface area contributed by atoms with Crippen molar-refractivity contribution in [3.8, 4) is 16.3 Å². The lowest BCUT2D eigenvalue weighted by molar-refractivity contribution is 0.0946. The summed E-state index contributed by atoms with van der Waals surface area (Å²) in [7, 11) is 0. The van der Waals surface area contributed by atoms with Gasteiger partial charge in [-0.2, -0.15) is 0 Å². The average Bonchev–Trinajstić information content (AvgIpc) is 3.27. The van der Waals surface area contributed by atoms with Crippen molar-refractivity contribution in [3.63, 3.8) is 0 Å². The highest BCUT2D eigenvalue weighted by molar-refractivity contribution is 7.13. The van der Waals surface area contributed by atoms with Crippen molar-refractivity contribution in [3.05, 3.63) is 107 Å². The summed E-state index contributed by atoms with van der Waals surface area (Å²) >= 11 is 1.38. The lowest BCUT2D eigenvalue weighted by atomic mass is 10.2. The van der Waals surface area contributed by atoms with Crippen molar-refractivity contribution in [2.24, 2.45) is 0 Å². The lowest BCUT2D eigenvalue weighted by Crippen LogP contribution is -2.23. The highest BCUT2D eigenvalue weighted by atomic mass is 32.1. The zero-order valence-corrected chi connectivity index (χ0v) is 16.9. The van der Waals surface area contributed by atoms with Crippen LogP contribution in [0.25, 0.3) is 10.6 Å². The molecule has 150 valence electrons. The van der Waals surface area contributed by atoms with Gasteiger partial charge in [0.2, 0.25) is 0 Å². The fraction of sp³-hybridized carbons (Fsp3) is 0.0833. The number of carbonyl (C=O) groups excluding carboxylic acids is 1. The molecule has 0 aliphatic rings. The molecule has 0 aliphatic carbocycles. The summed E-state index contributed by atoms with van der Waals surface area (Å²) in [4.78, 5) is 16.9. The number of nitrogens with one attached hydrogen (secondary N) is 1. The zero-order valence-electron chi connectivity index (χ0n) is 16.0. The van der Waals surface area contributed by atoms with Crippen LogP contribution >= 0.6 is 11.3 Å². The van der Waals surface area contributed by atoms with Gasteiger partial charge in [-0.05, 0) is 35.4 Å². The molecule has 1 N–H and O–H groups in total. The third-order valence-electron chi connectivity index (χ3n) is 4.43. The van der Waals surface area contributed by atoms with Crippen molar-refractivity contribution in [2.75, 3.05) is 0 Å². The van der Waals surface area contributed by atoms with E-state index in [1.165, 1.54) is 23.5 Å². The summed E-state index contributed by atoms with van der Waals surface area (Å²) < 4.78 is 19.3. The number of hydrogen-bond acceptors (Lipinski definition) is 4. The van der Waals surface area contributed by atoms with Crippen LogP contribution in [0.3, 0.4) is 0 Å². The van der Waals surface area contributed by atoms with Gasteiger partial charge in [0, 0.05) is 11.9 Å². The Hall–Kier alpha value is -3.51. The predicted molar refractivity (Wildman–Crippen MR) is 116 cm³/mol. The van der Waals surface area contributed by atoms with Crippen LogP contribution in [0, 0.1) is 5.82 Å². The molecule has 0 atom stereocenters. The van der Waals surface area contributed by atoms with Crippen LogP contribution in [0.4, 0.5) is 4.39 Å². The Morgan fingerprint density at radius 2 is 1.73 bits per heavy atom. The first-order valence-electron chi connectivity index (χ1n) is 9.43. The van der Waals surface area contributed by atoms with E-state index in [1.54, 1.807) is 17.5 Å². The number of para-hydroxylation sites is 1. The molecule has 1 aromatic heterocycles. The second-order valence-corrected chi connectivity index (χ2v) is 7.48. The largest absolute Gasteiger partial charge is 0.488 e. The highest BCUT2D eigenvalue weighted by Gasteiger charge is 2.15. The summed E-state index contributed by atoms with van der Waals surface area (Å²) in [5.74, 6) is 0.0803. The Kier molecular flexibility index (Phi) is 6.15. The maximum Gasteiger partial charge on any atom is 0.271 e. The van der Waals surface area contributed by atoms with Gasteiger partial charge in [-0.15, -0.1) is 11.3 Å². The van der Waals surface area contributed by atoms with Crippen LogP contribution in [-0.4, -0.2) is 10.9 Å². The normalized spacial score (nSPS) is 10.6. The molecule has 0 fully saturated rings. The summed E-state index contributed by atoms with van der Waals surface area (Å²) in [6, 6.07) is 23.7. The van der Waals surface area contributed by atoms with Gasteiger partial charge in [-0.3, -0.25) is 4.79 Å². The number of thiazole rings is 1. The first kappa shape index (κ1) is 19.8. The summed E-state index contributed by atoms with van der Waals surface area (Å²) in [5.41, 5.74) is 2.93. The van der Waals surface area contributed by atoms with Gasteiger partial charge in [-0.1, -0.05) is 54.6 Å². The molecule has 4 nitrogen and oxygen atoms in total. The summed E-state index contributed by atoms with van der Waals surface area (Å²) in [5, 5.41) is 5.19. The quantitative estimate of drug-likeness (QED) is 0.434. The molecule has 0 spiro atoms. The van der Waals surface area contributed by atoms with Crippen LogP contribution in [0.5, 0.6) is 5.75 Å². The lowest BCUT2D eigenvalue weighted by Gasteiger charge is -2.10. The van der Waals surface area contributed by atoms with Crippen molar-refractivity contribution in [1.29, 1.82) is 0 Å². The van der Waals surface area contributed by atoms with E-state index in [0.717, 1.165) is 11.1 Å². The minimum atomic E-state index is -0.329. The van der Waals surface area contributed by atoms with Crippen molar-refractivity contribution >= 4 is 17.2 Å². The van der Waals surface area contributed by atoms with Gasteiger partial charge in [-0.25, -0.2) is 9.37 Å². The highest BCUT2D eigenvalue weighted by Crippen LogP contribution is 2.32. The Balaban J connectivity index is 1.45. The Morgan fingerprint density at radius 3 is 2.57 bits per heavy atom. The smallest absolute Gasteiger partial charge is 0.271 e. The number of amides is 1. The molecule has 0 saturated heterocycles. The molecule has 4 aromatic rings. The van der Waals surface area contributed by atoms with Crippen LogP contribution in [-0.2, 0) is 13.2 Å². The van der Waals surface area contributed by atoms with Gasteiger partial charge in [0.25, 0.3) is 5.91 Å². The van der Waals surface area contributed by atoms with Crippen molar-refractivity contribution in [1.82, 2.24) is 10.3 Å². The van der Waals surface area contributed by atoms with Crippen molar-refractivity contribution < 1.29 is 13.9 Å². The molecule has 0 aliphatic heterocycles. The van der Waals surface area contributed by atoms with Gasteiger partial charge in [0.1, 0.15) is 28.9 Å². The van der Waals surface area contributed by atoms with Crippen LogP contribution in [0.1, 0.15) is 21.6 Å². The van der Waals surface area contributed by atoms with Gasteiger partial charge in [0.05, 0.1) is 5.56 Å². The second-order valence-electron chi connectivity index (χ2n) is 6.62. The standard InChI is InChI=1S/C24H19FN2O2S/c25-19-10-6-9-18(13-19)14-26-23(28)21-16-30-24(27-21)20-11-4-5-12-22(20)29-15-17-7-2-1-3-8-17/h1-13,16H,14-15H2,(H,26,28). The molecule has 3 aromatic carbocycles. The predicted octanol–water partition coefficient (Wildman–Crippen LogP) is 5.46. The van der Waals surface area contributed by atoms with E-state index in [4.69, 9.17) is 4.74 Å². The van der Waals surface area contributed by atoms with Gasteiger partial charge < -0.3 is 10.1 Å². The number of carbonyl (C=O) groups is 1. The van der Waals surface area contributed by atoms with E-state index in [2.05, 4.69) is 10.3 Å². The van der Waals surface area contributed by atoms with E-state index in [-0.39, 0.29) is 18.3 Å². The molecule has 0 saturated carbocycles. The number of benzene rings is 3. The van der Waals surface area contributed by atoms with Crippen LogP contribution in [0.15, 0.2) is 84.2 Å². The maximum absolute atomic E-state index is 13.3. The van der Waals surface area contributed by atoms with Crippen LogP contribution < -0.4 is 10.1 Å². The number of aromatic nitrogens is 1. The Morgan fingerprint density at radius 1 is 0.967 bits per heavy atom. The van der Waals surface area contributed by atoms with Gasteiger partial charge >= 0.3 is 0 Å². The van der Waals surface area contributed by atoms with E-state index < -0.39 is 0 Å². The van der Waals surface area contributed by atoms with E-state index in [1.807, 2.05) is 54.6 Å². The van der Waals surface area contributed by atoms with Gasteiger partial charge in [0.15, 0.2) is 0 Å². The first-order valence-corrected chi connectivity index (χ1v) is 10.3. The number of halogens is 1. The summed E-state index contributed by atoms with van der Waals surface area (Å²) in [6.07, 6.45) is 0. The average molecular weight is 418 g/mol. The number of ether oxygens (including phenoxy) is 1. The molecular weight excluding hydrogens is 399 g/mol. The third-order valence-corrected chi connectivity index (χ3v) is 5.31. The summed E-state index contributed by atoms with van der Waals surface area (Å²) in [6.45, 7) is 0.685. The minimum absolute atomic E-state index is 0.236. The number of hydrogen-bond donors (Lipinski definition) is 1. The monoisotopic (exact) mass is 418 g/mol. The second kappa shape index (κ2) is 9.33. The zero-order chi connectivity index (χ0) is 20.8. The van der Waals surface area contributed by atoms with Crippen molar-refractivity contribution in [2.45, 2.75) is 13.2 Å². The molecule has 0 radical (unpaired) electrons. The van der Waals surface area contributed by atoms with E-state index >= 15 is 0 Å². The SMILES string of the molecule is O=C(NCc1cccc(F)c1)c1csc(-c2ccccc2OCc2ccccc2)n1. The van der Waals surface area contributed by atoms with Crippen LogP contribution in [0.2, 0.25) is 0 Å². The molecule has 0 unspecified atom stereocenters. The topological polar surface area (TPSA) is 51.2 Å². The molecule has 1 heterocycles. The van der Waals surface area contributed by atoms with E-state index in [9.17, 15) is 9.18 Å². The molecule has 30 heavy (non-hydrogen) atoms. The molecule has 0 bridgehead atoms. The number of nitrogens with zero attached hydrogens (tertiary/aromatic N) is 1. The minimum Gasteiger partial charge on any atom is -0.488 e. The molecule has 4 rings (SSSR count). The Labute approximate surface area is 178 Å². The first-order chi connectivity index (χ1) is 14.7. The maximum atomic E-state index is 13.3. The molecule has 6 heteroatoms. The molecular formula is C24H19FN2O2S. The fourth-order valence-corrected chi connectivity index (χ4v) is 3.76. The number of rotatable bonds is 7. The fourth-order valence-electron chi connectivity index (χ4n) is 2.93. The molecule has 1 amide bonds. The van der Waals surface area contributed by atoms with E-state index in [0.29, 0.717) is 28.6 Å².